The number of benzene rings is 1. The summed E-state index contributed by atoms with van der Waals surface area (Å²) in [6.07, 6.45) is 7.70. The van der Waals surface area contributed by atoms with Gasteiger partial charge in [-0.3, -0.25) is 24.0 Å². The Morgan fingerprint density at radius 1 is 0.597 bits per heavy atom. The SMILES string of the molecule is [C-]#[N+]/C(C(=O)OCC)=C1/Sc2c(OC(=O)C3CCC(OC(=O)C4CCN(C(=O)OCCCC)CC4)CC3)ccc(OC(=O)C3CCC(OC(=O)C4CCN(C(=O)OCCCCOC(=O)C=C)CC4)CC3)c2S1. The predicted molar refractivity (Wildman–Crippen MR) is 260 cm³/mol. The molecule has 0 unspecified atom stereocenters. The second-order valence-electron chi connectivity index (χ2n) is 18.2. The number of likely N-dealkylation sites (tertiary alicyclic amines) is 2. The molecule has 4 fully saturated rings. The molecule has 6 rings (SSSR count). The van der Waals surface area contributed by atoms with E-state index in [-0.39, 0.29) is 83.3 Å². The van der Waals surface area contributed by atoms with Crippen LogP contribution in [0.3, 0.4) is 0 Å². The molecule has 0 bridgehead atoms. The highest BCUT2D eigenvalue weighted by atomic mass is 32.2. The van der Waals surface area contributed by atoms with Crippen molar-refractivity contribution in [3.8, 4) is 11.5 Å². The maximum Gasteiger partial charge on any atom is 0.409 e. The first-order chi connectivity index (χ1) is 34.8. The Bertz CT molecular complexity index is 2210. The highest BCUT2D eigenvalue weighted by molar-refractivity contribution is 8.24. The van der Waals surface area contributed by atoms with Gasteiger partial charge in [-0.15, -0.1) is 0 Å². The van der Waals surface area contributed by atoms with Gasteiger partial charge in [0.05, 0.1) is 70.7 Å². The van der Waals surface area contributed by atoms with Crippen molar-refractivity contribution < 1.29 is 76.3 Å². The molecule has 392 valence electrons. The molecule has 19 nitrogen and oxygen atoms in total. The maximum atomic E-state index is 13.7. The Morgan fingerprint density at radius 2 is 1.01 bits per heavy atom. The number of piperidine rings is 2. The number of esters is 6. The van der Waals surface area contributed by atoms with Crippen molar-refractivity contribution in [2.75, 3.05) is 52.6 Å². The number of carbonyl (C=O) groups excluding carboxylic acids is 8. The third-order valence-electron chi connectivity index (χ3n) is 13.3. The van der Waals surface area contributed by atoms with E-state index in [9.17, 15) is 38.4 Å². The fourth-order valence-corrected chi connectivity index (χ4v) is 11.5. The number of carbonyl (C=O) groups is 8. The van der Waals surface area contributed by atoms with E-state index in [2.05, 4.69) is 11.4 Å². The number of ether oxygens (including phenoxy) is 8. The lowest BCUT2D eigenvalue weighted by atomic mass is 9.87. The summed E-state index contributed by atoms with van der Waals surface area (Å²) in [6, 6.07) is 3.05. The third-order valence-corrected chi connectivity index (χ3v) is 15.9. The molecule has 3 aliphatic heterocycles. The van der Waals surface area contributed by atoms with Gasteiger partial charge in [0.2, 0.25) is 0 Å². The number of hydrogen-bond acceptors (Lipinski definition) is 18. The van der Waals surface area contributed by atoms with Crippen molar-refractivity contribution >= 4 is 71.5 Å². The first-order valence-corrected chi connectivity index (χ1v) is 26.7. The molecule has 21 heteroatoms. The molecule has 0 atom stereocenters. The van der Waals surface area contributed by atoms with Crippen LogP contribution >= 0.6 is 23.5 Å². The van der Waals surface area contributed by atoms with Gasteiger partial charge in [0.1, 0.15) is 23.7 Å². The minimum Gasteiger partial charge on any atom is -0.471 e. The molecule has 5 aliphatic rings. The van der Waals surface area contributed by atoms with Crippen LogP contribution in [-0.4, -0.2) is 123 Å². The summed E-state index contributed by atoms with van der Waals surface area (Å²) in [4.78, 5) is 110. The zero-order valence-corrected chi connectivity index (χ0v) is 42.7. The summed E-state index contributed by atoms with van der Waals surface area (Å²) in [5, 5.41) is 0. The fourth-order valence-electron chi connectivity index (χ4n) is 8.97. The standard InChI is InChI=1S/C51H65N3O16S2/c1-5-8-29-65-50(61)53-25-21-34(22-26-53)44(56)67-36-15-11-32(12-16-36)46(58)69-38-19-20-39(43-42(38)71-49(72-43)41(52-4)48(60)63-7-3)70-47(59)33-13-17-37(18-14-33)68-45(57)35-23-27-54(28-24-35)51(62)66-31-10-9-30-64-40(55)6-2/h6,19-20,32-37H,2,5,7-18,21-31H2,1,3H3/b49-41-. The summed E-state index contributed by atoms with van der Waals surface area (Å²) in [5.41, 5.74) is -0.254. The van der Waals surface area contributed by atoms with Crippen molar-refractivity contribution in [2.24, 2.45) is 23.7 Å². The zero-order chi connectivity index (χ0) is 51.6. The van der Waals surface area contributed by atoms with E-state index in [0.29, 0.717) is 132 Å². The van der Waals surface area contributed by atoms with Crippen LogP contribution in [0.2, 0.25) is 0 Å². The Balaban J connectivity index is 0.970. The van der Waals surface area contributed by atoms with E-state index in [1.165, 1.54) is 12.1 Å². The number of thioether (sulfide) groups is 2. The van der Waals surface area contributed by atoms with E-state index in [0.717, 1.165) is 42.4 Å². The van der Waals surface area contributed by atoms with E-state index >= 15 is 0 Å². The van der Waals surface area contributed by atoms with Gasteiger partial charge in [-0.05, 0) is 115 Å². The van der Waals surface area contributed by atoms with Crippen molar-refractivity contribution in [1.82, 2.24) is 9.80 Å². The summed E-state index contributed by atoms with van der Waals surface area (Å²) < 4.78 is 44.7. The number of amides is 2. The average molecular weight is 1040 g/mol. The van der Waals surface area contributed by atoms with E-state index in [4.69, 9.17) is 44.5 Å². The van der Waals surface area contributed by atoms with E-state index in [1.807, 2.05) is 6.92 Å². The first kappa shape index (κ1) is 55.6. The summed E-state index contributed by atoms with van der Waals surface area (Å²) in [5.74, 6) is -4.24. The van der Waals surface area contributed by atoms with Crippen LogP contribution in [0, 0.1) is 30.2 Å². The fraction of sp³-hybridized carbons (Fsp3) is 0.627. The van der Waals surface area contributed by atoms with Crippen molar-refractivity contribution in [1.29, 1.82) is 0 Å². The second kappa shape index (κ2) is 27.9. The van der Waals surface area contributed by atoms with Crippen LogP contribution in [0.25, 0.3) is 4.85 Å². The third kappa shape index (κ3) is 15.6. The normalized spacial score (nSPS) is 22.0. The van der Waals surface area contributed by atoms with Crippen LogP contribution in [-0.2, 0) is 57.2 Å². The Kier molecular flexibility index (Phi) is 21.5. The number of hydrogen-bond donors (Lipinski definition) is 0. The largest absolute Gasteiger partial charge is 0.471 e. The van der Waals surface area contributed by atoms with E-state index < -0.39 is 41.8 Å². The van der Waals surface area contributed by atoms with Gasteiger partial charge in [-0.2, -0.15) is 0 Å². The van der Waals surface area contributed by atoms with Gasteiger partial charge in [-0.25, -0.2) is 19.2 Å². The van der Waals surface area contributed by atoms with Crippen LogP contribution in [0.15, 0.2) is 44.5 Å². The maximum absolute atomic E-state index is 13.7. The smallest absolute Gasteiger partial charge is 0.409 e. The van der Waals surface area contributed by atoms with Gasteiger partial charge >= 0.3 is 48.0 Å². The summed E-state index contributed by atoms with van der Waals surface area (Å²) in [7, 11) is 0. The molecule has 2 amide bonds. The number of fused-ring (bicyclic) bond motifs is 1. The van der Waals surface area contributed by atoms with Crippen LogP contribution in [0.5, 0.6) is 11.5 Å². The molecular weight excluding hydrogens is 975 g/mol. The number of rotatable bonds is 19. The molecule has 2 saturated carbocycles. The molecular formula is C51H65N3O16S2. The lowest BCUT2D eigenvalue weighted by Crippen LogP contribution is -2.41. The monoisotopic (exact) mass is 1040 g/mol. The molecule has 0 spiro atoms. The Morgan fingerprint density at radius 3 is 1.42 bits per heavy atom. The van der Waals surface area contributed by atoms with Crippen LogP contribution < -0.4 is 9.47 Å². The zero-order valence-electron chi connectivity index (χ0n) is 41.1. The van der Waals surface area contributed by atoms with Gasteiger partial charge in [0.15, 0.2) is 0 Å². The minimum atomic E-state index is -0.809. The quantitative estimate of drug-likeness (QED) is 0.0316. The molecule has 0 radical (unpaired) electrons. The molecule has 72 heavy (non-hydrogen) atoms. The lowest BCUT2D eigenvalue weighted by Gasteiger charge is -2.32. The topological polar surface area (TPSA) is 221 Å². The Hall–Kier alpha value is -5.75. The van der Waals surface area contributed by atoms with Crippen molar-refractivity contribution in [2.45, 2.75) is 139 Å². The molecule has 0 aromatic heterocycles. The Labute approximate surface area is 428 Å². The highest BCUT2D eigenvalue weighted by Gasteiger charge is 2.38. The van der Waals surface area contributed by atoms with Crippen LogP contribution in [0.4, 0.5) is 9.59 Å². The predicted octanol–water partition coefficient (Wildman–Crippen LogP) is 8.56. The van der Waals surface area contributed by atoms with Crippen molar-refractivity contribution in [3.63, 3.8) is 0 Å². The molecule has 1 aromatic rings. The molecule has 1 aromatic carbocycles. The van der Waals surface area contributed by atoms with Crippen LogP contribution in [0.1, 0.15) is 117 Å². The second-order valence-corrected chi connectivity index (χ2v) is 20.5. The lowest BCUT2D eigenvalue weighted by molar-refractivity contribution is -0.159. The molecule has 3 heterocycles. The highest BCUT2D eigenvalue weighted by Crippen LogP contribution is 2.59. The summed E-state index contributed by atoms with van der Waals surface area (Å²) in [6.45, 7) is 17.1. The summed E-state index contributed by atoms with van der Waals surface area (Å²) >= 11 is 2.10. The van der Waals surface area contributed by atoms with Gasteiger partial charge in [0, 0.05) is 32.3 Å². The van der Waals surface area contributed by atoms with Gasteiger partial charge in [-0.1, -0.05) is 43.4 Å². The van der Waals surface area contributed by atoms with Gasteiger partial charge in [0.25, 0.3) is 5.70 Å². The molecule has 2 aliphatic carbocycles. The molecule has 2 saturated heterocycles. The number of nitrogens with zero attached hydrogens (tertiary/aromatic N) is 3. The average Bonchev–Trinajstić information content (AvgIpc) is 3.84. The number of unbranched alkanes of at least 4 members (excludes halogenated alkanes) is 2. The minimum absolute atomic E-state index is 0.0536. The van der Waals surface area contributed by atoms with E-state index in [1.54, 1.807) is 16.7 Å². The van der Waals surface area contributed by atoms with Crippen molar-refractivity contribution in [3.05, 3.63) is 46.1 Å². The van der Waals surface area contributed by atoms with Gasteiger partial charge < -0.3 is 47.7 Å². The first-order valence-electron chi connectivity index (χ1n) is 25.1. The molecule has 0 N–H and O–H groups in total.